The Hall–Kier alpha value is -2.19. The van der Waals surface area contributed by atoms with Crippen LogP contribution in [0.15, 0.2) is 29.0 Å². The van der Waals surface area contributed by atoms with Crippen LogP contribution in [0.4, 0.5) is 0 Å². The molecule has 8 heteroatoms. The van der Waals surface area contributed by atoms with Crippen LogP contribution in [0.5, 0.6) is 0 Å². The summed E-state index contributed by atoms with van der Waals surface area (Å²) in [4.78, 5) is 19.5. The minimum atomic E-state index is -1.55. The van der Waals surface area contributed by atoms with Gasteiger partial charge in [0.1, 0.15) is 6.26 Å². The van der Waals surface area contributed by atoms with Gasteiger partial charge in [-0.2, -0.15) is 0 Å². The second-order valence-electron chi connectivity index (χ2n) is 3.98. The predicted molar refractivity (Wildman–Crippen MR) is 69.3 cm³/mol. The standard InChI is InChI=1S/C12H13BN2O5/c1-2-19-12(16)10-7-20-11(15-10)5-9-4-3-8(6-14-9)13(17)18/h3-4,6-7,17-18H,2,5H2,1H3. The Labute approximate surface area is 115 Å². The quantitative estimate of drug-likeness (QED) is 0.561. The van der Waals surface area contributed by atoms with Crippen molar-refractivity contribution in [2.45, 2.75) is 13.3 Å². The molecule has 0 bridgehead atoms. The molecule has 7 nitrogen and oxygen atoms in total. The third-order valence-electron chi connectivity index (χ3n) is 2.51. The SMILES string of the molecule is CCOC(=O)c1coc(Cc2ccc(B(O)O)cn2)n1. The van der Waals surface area contributed by atoms with E-state index in [0.717, 1.165) is 0 Å². The third-order valence-corrected chi connectivity index (χ3v) is 2.51. The van der Waals surface area contributed by atoms with Crippen LogP contribution < -0.4 is 5.46 Å². The van der Waals surface area contributed by atoms with Gasteiger partial charge in [-0.05, 0) is 13.0 Å². The highest BCUT2D eigenvalue weighted by atomic mass is 16.5. The van der Waals surface area contributed by atoms with Gasteiger partial charge in [0.15, 0.2) is 5.69 Å². The molecule has 0 saturated heterocycles. The summed E-state index contributed by atoms with van der Waals surface area (Å²) in [5.41, 5.74) is 1.05. The van der Waals surface area contributed by atoms with Crippen LogP contribution in [0.25, 0.3) is 0 Å². The maximum Gasteiger partial charge on any atom is 0.490 e. The number of nitrogens with zero attached hydrogens (tertiary/aromatic N) is 2. The van der Waals surface area contributed by atoms with Crippen molar-refractivity contribution in [1.82, 2.24) is 9.97 Å². The first-order valence-corrected chi connectivity index (χ1v) is 6.02. The van der Waals surface area contributed by atoms with Gasteiger partial charge >= 0.3 is 13.1 Å². The molecule has 0 saturated carbocycles. The second-order valence-corrected chi connectivity index (χ2v) is 3.98. The Bertz CT molecular complexity index is 582. The number of hydrogen-bond acceptors (Lipinski definition) is 7. The summed E-state index contributed by atoms with van der Waals surface area (Å²) in [5.74, 6) is -0.202. The van der Waals surface area contributed by atoms with Gasteiger partial charge in [0.2, 0.25) is 5.89 Å². The maximum atomic E-state index is 11.4. The van der Waals surface area contributed by atoms with E-state index in [-0.39, 0.29) is 12.3 Å². The van der Waals surface area contributed by atoms with Crippen molar-refractivity contribution < 1.29 is 24.0 Å². The molecule has 104 valence electrons. The van der Waals surface area contributed by atoms with E-state index in [1.165, 1.54) is 12.5 Å². The normalized spacial score (nSPS) is 10.3. The minimum absolute atomic E-state index is 0.115. The first-order chi connectivity index (χ1) is 9.60. The molecule has 2 rings (SSSR count). The Balaban J connectivity index is 2.05. The van der Waals surface area contributed by atoms with E-state index in [9.17, 15) is 4.79 Å². The Morgan fingerprint density at radius 3 is 2.85 bits per heavy atom. The molecule has 0 unspecified atom stereocenters. The summed E-state index contributed by atoms with van der Waals surface area (Å²) < 4.78 is 9.96. The molecule has 0 amide bonds. The summed E-state index contributed by atoms with van der Waals surface area (Å²) in [6.07, 6.45) is 2.88. The van der Waals surface area contributed by atoms with Crippen LogP contribution in [0.2, 0.25) is 0 Å². The lowest BCUT2D eigenvalue weighted by Crippen LogP contribution is -2.30. The van der Waals surface area contributed by atoms with Gasteiger partial charge < -0.3 is 19.2 Å². The summed E-state index contributed by atoms with van der Waals surface area (Å²) in [7, 11) is -1.55. The van der Waals surface area contributed by atoms with E-state index >= 15 is 0 Å². The smallest absolute Gasteiger partial charge is 0.461 e. The summed E-state index contributed by atoms with van der Waals surface area (Å²) in [6, 6.07) is 3.17. The Kier molecular flexibility index (Phi) is 4.49. The zero-order valence-electron chi connectivity index (χ0n) is 10.8. The highest BCUT2D eigenvalue weighted by molar-refractivity contribution is 6.58. The molecule has 20 heavy (non-hydrogen) atoms. The van der Waals surface area contributed by atoms with Crippen LogP contribution in [0.3, 0.4) is 0 Å². The molecule has 0 aliphatic carbocycles. The molecule has 0 aliphatic heterocycles. The first-order valence-electron chi connectivity index (χ1n) is 6.02. The van der Waals surface area contributed by atoms with Gasteiger partial charge in [0.05, 0.1) is 13.0 Å². The molecule has 2 aromatic heterocycles. The van der Waals surface area contributed by atoms with Crippen molar-refractivity contribution in [1.29, 1.82) is 0 Å². The number of ether oxygens (including phenoxy) is 1. The number of carbonyl (C=O) groups excluding carboxylic acids is 1. The highest BCUT2D eigenvalue weighted by Gasteiger charge is 2.14. The second kappa shape index (κ2) is 6.31. The van der Waals surface area contributed by atoms with Gasteiger partial charge in [-0.3, -0.25) is 4.98 Å². The Morgan fingerprint density at radius 2 is 2.25 bits per heavy atom. The van der Waals surface area contributed by atoms with E-state index < -0.39 is 13.1 Å². The molecule has 0 aliphatic rings. The van der Waals surface area contributed by atoms with E-state index in [1.807, 2.05) is 0 Å². The van der Waals surface area contributed by atoms with E-state index in [1.54, 1.807) is 19.1 Å². The van der Waals surface area contributed by atoms with E-state index in [2.05, 4.69) is 9.97 Å². The van der Waals surface area contributed by atoms with Crippen LogP contribution in [-0.2, 0) is 11.2 Å². The molecular weight excluding hydrogens is 263 g/mol. The lowest BCUT2D eigenvalue weighted by Gasteiger charge is -2.00. The highest BCUT2D eigenvalue weighted by Crippen LogP contribution is 2.08. The fourth-order valence-electron chi connectivity index (χ4n) is 1.54. The zero-order chi connectivity index (χ0) is 14.5. The van der Waals surface area contributed by atoms with E-state index in [0.29, 0.717) is 23.5 Å². The van der Waals surface area contributed by atoms with Crippen molar-refractivity contribution in [3.8, 4) is 0 Å². The molecule has 2 aromatic rings. The molecular formula is C12H13BN2O5. The van der Waals surface area contributed by atoms with Gasteiger partial charge in [-0.25, -0.2) is 9.78 Å². The molecule has 0 atom stereocenters. The maximum absolute atomic E-state index is 11.4. The first kappa shape index (κ1) is 14.2. The lowest BCUT2D eigenvalue weighted by molar-refractivity contribution is 0.0519. The topological polar surface area (TPSA) is 106 Å². The molecule has 0 radical (unpaired) electrons. The number of esters is 1. The van der Waals surface area contributed by atoms with Gasteiger partial charge in [0.25, 0.3) is 0 Å². The summed E-state index contributed by atoms with van der Waals surface area (Å²) >= 11 is 0. The fourth-order valence-corrected chi connectivity index (χ4v) is 1.54. The van der Waals surface area contributed by atoms with Crippen LogP contribution >= 0.6 is 0 Å². The lowest BCUT2D eigenvalue weighted by atomic mass is 9.81. The molecule has 2 N–H and O–H groups in total. The minimum Gasteiger partial charge on any atom is -0.461 e. The molecule has 0 fully saturated rings. The number of aromatic nitrogens is 2. The number of hydrogen-bond donors (Lipinski definition) is 2. The van der Waals surface area contributed by atoms with Crippen LogP contribution in [-0.4, -0.2) is 39.7 Å². The summed E-state index contributed by atoms with van der Waals surface area (Å²) in [6.45, 7) is 1.98. The van der Waals surface area contributed by atoms with Crippen molar-refractivity contribution in [3.05, 3.63) is 41.9 Å². The number of oxazole rings is 1. The van der Waals surface area contributed by atoms with Gasteiger partial charge in [-0.1, -0.05) is 6.07 Å². The average Bonchev–Trinajstić information content (AvgIpc) is 2.88. The number of carbonyl (C=O) groups is 1. The van der Waals surface area contributed by atoms with Crippen molar-refractivity contribution in [2.24, 2.45) is 0 Å². The van der Waals surface area contributed by atoms with Crippen molar-refractivity contribution >= 4 is 18.6 Å². The number of pyridine rings is 1. The Morgan fingerprint density at radius 1 is 1.45 bits per heavy atom. The van der Waals surface area contributed by atoms with Crippen molar-refractivity contribution in [2.75, 3.05) is 6.61 Å². The molecule has 0 aromatic carbocycles. The monoisotopic (exact) mass is 276 g/mol. The number of rotatable bonds is 5. The molecule has 0 spiro atoms. The van der Waals surface area contributed by atoms with E-state index in [4.69, 9.17) is 19.2 Å². The predicted octanol–water partition coefficient (Wildman–Crippen LogP) is -0.483. The average molecular weight is 276 g/mol. The zero-order valence-corrected chi connectivity index (χ0v) is 10.8. The third kappa shape index (κ3) is 3.43. The van der Waals surface area contributed by atoms with Crippen LogP contribution in [0.1, 0.15) is 29.0 Å². The van der Waals surface area contributed by atoms with Crippen molar-refractivity contribution in [3.63, 3.8) is 0 Å². The fraction of sp³-hybridized carbons (Fsp3) is 0.250. The largest absolute Gasteiger partial charge is 0.490 e. The summed E-state index contributed by atoms with van der Waals surface area (Å²) in [5, 5.41) is 17.9. The van der Waals surface area contributed by atoms with Crippen LogP contribution in [0, 0.1) is 0 Å². The molecule has 2 heterocycles. The van der Waals surface area contributed by atoms with Gasteiger partial charge in [-0.15, -0.1) is 0 Å². The van der Waals surface area contributed by atoms with Gasteiger partial charge in [0, 0.05) is 17.4 Å².